The van der Waals surface area contributed by atoms with Crippen LogP contribution in [0.15, 0.2) is 18.2 Å². The summed E-state index contributed by atoms with van der Waals surface area (Å²) in [5, 5.41) is 3.23. The summed E-state index contributed by atoms with van der Waals surface area (Å²) >= 11 is 0. The summed E-state index contributed by atoms with van der Waals surface area (Å²) in [6.45, 7) is 5.07. The summed E-state index contributed by atoms with van der Waals surface area (Å²) in [7, 11) is 2.15. The molecule has 1 fully saturated rings. The summed E-state index contributed by atoms with van der Waals surface area (Å²) in [4.78, 5) is 2.35. The van der Waals surface area contributed by atoms with Crippen LogP contribution in [-0.4, -0.2) is 31.6 Å². The first-order valence-electron chi connectivity index (χ1n) is 6.33. The Labute approximate surface area is 103 Å². The minimum Gasteiger partial charge on any atom is -0.382 e. The van der Waals surface area contributed by atoms with E-state index >= 15 is 0 Å². The molecule has 3 heteroatoms. The van der Waals surface area contributed by atoms with E-state index < -0.39 is 0 Å². The Morgan fingerprint density at radius 2 is 2.29 bits per heavy atom. The third-order valence-corrected chi connectivity index (χ3v) is 3.43. The van der Waals surface area contributed by atoms with Gasteiger partial charge in [-0.15, -0.1) is 0 Å². The third-order valence-electron chi connectivity index (χ3n) is 3.43. The number of anilines is 1. The maximum Gasteiger partial charge on any atom is 0.146 e. The van der Waals surface area contributed by atoms with Crippen LogP contribution in [-0.2, 0) is 0 Å². The van der Waals surface area contributed by atoms with Gasteiger partial charge in [0, 0.05) is 13.1 Å². The van der Waals surface area contributed by atoms with Gasteiger partial charge in [-0.05, 0) is 57.0 Å². The van der Waals surface area contributed by atoms with Gasteiger partial charge in [0.2, 0.25) is 0 Å². The van der Waals surface area contributed by atoms with Crippen LogP contribution >= 0.6 is 0 Å². The van der Waals surface area contributed by atoms with E-state index in [1.54, 1.807) is 6.07 Å². The van der Waals surface area contributed by atoms with E-state index in [-0.39, 0.29) is 5.82 Å². The van der Waals surface area contributed by atoms with Gasteiger partial charge in [-0.25, -0.2) is 4.39 Å². The molecule has 0 aliphatic carbocycles. The van der Waals surface area contributed by atoms with E-state index in [2.05, 4.69) is 17.3 Å². The van der Waals surface area contributed by atoms with Crippen molar-refractivity contribution in [1.82, 2.24) is 4.90 Å². The van der Waals surface area contributed by atoms with Gasteiger partial charge < -0.3 is 10.2 Å². The summed E-state index contributed by atoms with van der Waals surface area (Å²) in [6.07, 6.45) is 2.49. The minimum atomic E-state index is -0.144. The van der Waals surface area contributed by atoms with Gasteiger partial charge in [0.1, 0.15) is 5.82 Å². The lowest BCUT2D eigenvalue weighted by Gasteiger charge is -2.30. The molecule has 2 rings (SSSR count). The van der Waals surface area contributed by atoms with Crippen LogP contribution in [0.3, 0.4) is 0 Å². The van der Waals surface area contributed by atoms with Crippen LogP contribution in [0.5, 0.6) is 0 Å². The SMILES string of the molecule is Cc1ccc(NCC2CCCN(C)C2)c(F)c1. The highest BCUT2D eigenvalue weighted by Gasteiger charge is 2.17. The van der Waals surface area contributed by atoms with Gasteiger partial charge in [-0.2, -0.15) is 0 Å². The van der Waals surface area contributed by atoms with E-state index in [9.17, 15) is 4.39 Å². The lowest BCUT2D eigenvalue weighted by Crippen LogP contribution is -2.35. The largest absolute Gasteiger partial charge is 0.382 e. The molecular weight excluding hydrogens is 215 g/mol. The molecule has 1 saturated heterocycles. The summed E-state index contributed by atoms with van der Waals surface area (Å²) in [5.41, 5.74) is 1.59. The molecule has 1 unspecified atom stereocenters. The molecule has 1 aliphatic heterocycles. The summed E-state index contributed by atoms with van der Waals surface area (Å²) in [5.74, 6) is 0.489. The number of aryl methyl sites for hydroxylation is 1. The molecule has 1 aromatic carbocycles. The van der Waals surface area contributed by atoms with Crippen molar-refractivity contribution in [2.24, 2.45) is 5.92 Å². The highest BCUT2D eigenvalue weighted by Crippen LogP contribution is 2.19. The van der Waals surface area contributed by atoms with Crippen molar-refractivity contribution in [3.05, 3.63) is 29.6 Å². The fourth-order valence-corrected chi connectivity index (χ4v) is 2.46. The Morgan fingerprint density at radius 1 is 1.47 bits per heavy atom. The second-order valence-electron chi connectivity index (χ2n) is 5.13. The van der Waals surface area contributed by atoms with Crippen LogP contribution < -0.4 is 5.32 Å². The second-order valence-corrected chi connectivity index (χ2v) is 5.13. The van der Waals surface area contributed by atoms with Gasteiger partial charge in [0.05, 0.1) is 5.69 Å². The molecule has 1 atom stereocenters. The minimum absolute atomic E-state index is 0.144. The van der Waals surface area contributed by atoms with Crippen molar-refractivity contribution < 1.29 is 4.39 Å². The molecular formula is C14H21FN2. The van der Waals surface area contributed by atoms with Gasteiger partial charge >= 0.3 is 0 Å². The molecule has 1 aromatic rings. The predicted molar refractivity (Wildman–Crippen MR) is 69.8 cm³/mol. The van der Waals surface area contributed by atoms with Crippen molar-refractivity contribution in [2.45, 2.75) is 19.8 Å². The van der Waals surface area contributed by atoms with E-state index in [0.29, 0.717) is 11.6 Å². The average molecular weight is 236 g/mol. The number of rotatable bonds is 3. The molecule has 1 N–H and O–H groups in total. The predicted octanol–water partition coefficient (Wildman–Crippen LogP) is 2.89. The molecule has 1 aliphatic rings. The van der Waals surface area contributed by atoms with E-state index in [1.807, 2.05) is 19.1 Å². The van der Waals surface area contributed by atoms with Crippen LogP contribution in [0.1, 0.15) is 18.4 Å². The van der Waals surface area contributed by atoms with Gasteiger partial charge in [-0.3, -0.25) is 0 Å². The van der Waals surface area contributed by atoms with Crippen LogP contribution in [0.25, 0.3) is 0 Å². The highest BCUT2D eigenvalue weighted by atomic mass is 19.1. The smallest absolute Gasteiger partial charge is 0.146 e. The number of hydrogen-bond acceptors (Lipinski definition) is 2. The zero-order chi connectivity index (χ0) is 12.3. The molecule has 17 heavy (non-hydrogen) atoms. The molecule has 0 aromatic heterocycles. The molecule has 0 radical (unpaired) electrons. The maximum absolute atomic E-state index is 13.6. The zero-order valence-electron chi connectivity index (χ0n) is 10.7. The topological polar surface area (TPSA) is 15.3 Å². The van der Waals surface area contributed by atoms with Crippen molar-refractivity contribution in [2.75, 3.05) is 32.0 Å². The first-order valence-corrected chi connectivity index (χ1v) is 6.33. The fourth-order valence-electron chi connectivity index (χ4n) is 2.46. The first kappa shape index (κ1) is 12.4. The molecule has 0 saturated carbocycles. The Bertz CT molecular complexity index is 378. The van der Waals surface area contributed by atoms with Gasteiger partial charge in [0.15, 0.2) is 0 Å². The fraction of sp³-hybridized carbons (Fsp3) is 0.571. The van der Waals surface area contributed by atoms with E-state index in [4.69, 9.17) is 0 Å². The van der Waals surface area contributed by atoms with Gasteiger partial charge in [-0.1, -0.05) is 6.07 Å². The summed E-state index contributed by atoms with van der Waals surface area (Å²) < 4.78 is 13.6. The number of likely N-dealkylation sites (tertiary alicyclic amines) is 1. The lowest BCUT2D eigenvalue weighted by atomic mass is 9.98. The normalized spacial score (nSPS) is 21.5. The number of nitrogens with one attached hydrogen (secondary N) is 1. The number of piperidine rings is 1. The molecule has 2 nitrogen and oxygen atoms in total. The van der Waals surface area contributed by atoms with Crippen LogP contribution in [0, 0.1) is 18.7 Å². The Kier molecular flexibility index (Phi) is 4.00. The Balaban J connectivity index is 1.88. The quantitative estimate of drug-likeness (QED) is 0.868. The number of nitrogens with zero attached hydrogens (tertiary/aromatic N) is 1. The van der Waals surface area contributed by atoms with Crippen LogP contribution in [0.4, 0.5) is 10.1 Å². The zero-order valence-corrected chi connectivity index (χ0v) is 10.7. The standard InChI is InChI=1S/C14H21FN2/c1-11-5-6-14(13(15)8-11)16-9-12-4-3-7-17(2)10-12/h5-6,8,12,16H,3-4,7,9-10H2,1-2H3. The van der Waals surface area contributed by atoms with Crippen molar-refractivity contribution in [3.8, 4) is 0 Å². The van der Waals surface area contributed by atoms with E-state index in [0.717, 1.165) is 18.7 Å². The average Bonchev–Trinajstić information content (AvgIpc) is 2.28. The molecule has 0 bridgehead atoms. The molecule has 0 spiro atoms. The number of halogens is 1. The second kappa shape index (κ2) is 5.50. The Hall–Kier alpha value is -1.09. The van der Waals surface area contributed by atoms with Crippen molar-refractivity contribution >= 4 is 5.69 Å². The molecule has 0 amide bonds. The summed E-state index contributed by atoms with van der Waals surface area (Å²) in [6, 6.07) is 5.35. The molecule has 1 heterocycles. The first-order chi connectivity index (χ1) is 8.15. The molecule has 94 valence electrons. The third kappa shape index (κ3) is 3.43. The van der Waals surface area contributed by atoms with Crippen molar-refractivity contribution in [1.29, 1.82) is 0 Å². The van der Waals surface area contributed by atoms with Crippen LogP contribution in [0.2, 0.25) is 0 Å². The lowest BCUT2D eigenvalue weighted by molar-refractivity contribution is 0.217. The van der Waals surface area contributed by atoms with E-state index in [1.165, 1.54) is 19.4 Å². The number of benzene rings is 1. The Morgan fingerprint density at radius 3 is 3.00 bits per heavy atom. The monoisotopic (exact) mass is 236 g/mol. The highest BCUT2D eigenvalue weighted by molar-refractivity contribution is 5.46. The maximum atomic E-state index is 13.6. The van der Waals surface area contributed by atoms with Crippen molar-refractivity contribution in [3.63, 3.8) is 0 Å². The number of hydrogen-bond donors (Lipinski definition) is 1. The van der Waals surface area contributed by atoms with Gasteiger partial charge in [0.25, 0.3) is 0 Å².